The number of benzene rings is 2. The fourth-order valence-corrected chi connectivity index (χ4v) is 6.40. The predicted octanol–water partition coefficient (Wildman–Crippen LogP) is 4.76. The Hall–Kier alpha value is -3.54. The van der Waals surface area contributed by atoms with Gasteiger partial charge in [0.2, 0.25) is 5.95 Å². The number of hydrogen-bond acceptors (Lipinski definition) is 10. The van der Waals surface area contributed by atoms with Crippen molar-refractivity contribution < 1.29 is 9.53 Å². The van der Waals surface area contributed by atoms with Crippen molar-refractivity contribution in [2.45, 2.75) is 42.8 Å². The van der Waals surface area contributed by atoms with Gasteiger partial charge in [-0.05, 0) is 74.0 Å². The van der Waals surface area contributed by atoms with E-state index in [1.165, 1.54) is 11.8 Å². The van der Waals surface area contributed by atoms with E-state index in [-0.39, 0.29) is 5.92 Å². The molecule has 9 nitrogen and oxygen atoms in total. The Morgan fingerprint density at radius 1 is 1.00 bits per heavy atom. The maximum atomic E-state index is 12.2. The zero-order chi connectivity index (χ0) is 29.1. The van der Waals surface area contributed by atoms with Crippen molar-refractivity contribution in [1.29, 1.82) is 0 Å². The number of likely N-dealkylation sites (N-methyl/N-ethyl adjacent to an activating group) is 1. The summed E-state index contributed by atoms with van der Waals surface area (Å²) in [6.07, 6.45) is 4.71. The van der Waals surface area contributed by atoms with Crippen molar-refractivity contribution in [2.75, 3.05) is 45.2 Å². The van der Waals surface area contributed by atoms with Crippen LogP contribution < -0.4 is 14.4 Å². The summed E-state index contributed by atoms with van der Waals surface area (Å²) in [7, 11) is 3.81. The summed E-state index contributed by atoms with van der Waals surface area (Å²) in [4.78, 5) is 39.2. The number of hydrogen-bond donors (Lipinski definition) is 0. The number of methoxy groups -OCH3 is 1. The molecule has 4 aromatic rings. The molecule has 218 valence electrons. The van der Waals surface area contributed by atoms with Gasteiger partial charge in [0.05, 0.1) is 7.11 Å². The lowest BCUT2D eigenvalue weighted by Crippen LogP contribution is -2.45. The van der Waals surface area contributed by atoms with Gasteiger partial charge in [0.1, 0.15) is 11.5 Å². The molecule has 0 N–H and O–H groups in total. The lowest BCUT2D eigenvalue weighted by Gasteiger charge is -2.32. The first-order valence-corrected chi connectivity index (χ1v) is 15.9. The Morgan fingerprint density at radius 2 is 1.71 bits per heavy atom. The molecule has 2 aromatic carbocycles. The van der Waals surface area contributed by atoms with Gasteiger partial charge in [-0.15, -0.1) is 11.3 Å². The van der Waals surface area contributed by atoms with Gasteiger partial charge in [-0.1, -0.05) is 24.3 Å². The summed E-state index contributed by atoms with van der Waals surface area (Å²) in [5, 5.41) is 0.606. The first-order valence-electron chi connectivity index (χ1n) is 14.3. The molecule has 0 radical (unpaired) electrons. The molecule has 1 saturated heterocycles. The molecule has 3 heterocycles. The van der Waals surface area contributed by atoms with Crippen molar-refractivity contribution in [3.05, 3.63) is 75.5 Å². The second kappa shape index (κ2) is 12.8. The molecule has 2 fully saturated rings. The van der Waals surface area contributed by atoms with Crippen LogP contribution >= 0.6 is 23.1 Å². The highest BCUT2D eigenvalue weighted by Crippen LogP contribution is 2.32. The third-order valence-corrected chi connectivity index (χ3v) is 9.27. The second-order valence-corrected chi connectivity index (χ2v) is 13.1. The molecule has 1 saturated carbocycles. The predicted molar refractivity (Wildman–Crippen MR) is 166 cm³/mol. The number of carbonyl (C=O) groups excluding carboxylic acids is 1. The standard InChI is InChI=1S/C31H35N7O2S2/c1-21-19-38(20-23-4-10-25(40-3)11-5-23)31(41-21)34-28-32-29(37-16-14-36(2)15-17-37)35-30(33-28)42-26-12-6-22(7-13-26)18-27(39)24-8-9-24/h4-7,10-13,19,24H,8-9,14-18,20H2,1-3H3. The average Bonchev–Trinajstić information content (AvgIpc) is 3.79. The summed E-state index contributed by atoms with van der Waals surface area (Å²) < 4.78 is 7.45. The van der Waals surface area contributed by atoms with Crippen LogP contribution in [0.4, 0.5) is 11.9 Å². The van der Waals surface area contributed by atoms with E-state index in [0.29, 0.717) is 35.8 Å². The Labute approximate surface area is 254 Å². The third kappa shape index (κ3) is 7.26. The van der Waals surface area contributed by atoms with Crippen molar-refractivity contribution in [3.63, 3.8) is 0 Å². The van der Waals surface area contributed by atoms with Crippen molar-refractivity contribution in [2.24, 2.45) is 10.9 Å². The number of rotatable bonds is 10. The van der Waals surface area contributed by atoms with E-state index in [4.69, 9.17) is 24.7 Å². The van der Waals surface area contributed by atoms with Crippen molar-refractivity contribution >= 4 is 40.8 Å². The SMILES string of the molecule is COc1ccc(Cn2cc(C)sc2=Nc2nc(Sc3ccc(CC(=O)C4CC4)cc3)nc(N3CCN(C)CC3)n2)cc1. The number of Topliss-reactive ketones (excluding diaryl/α,β-unsaturated/α-hetero) is 1. The molecular formula is C31H35N7O2S2. The monoisotopic (exact) mass is 601 g/mol. The van der Waals surface area contributed by atoms with Crippen LogP contribution in [0.1, 0.15) is 28.8 Å². The minimum absolute atomic E-state index is 0.279. The topological polar surface area (TPSA) is 88.7 Å². The van der Waals surface area contributed by atoms with Crippen molar-refractivity contribution in [3.8, 4) is 5.75 Å². The van der Waals surface area contributed by atoms with Gasteiger partial charge in [-0.25, -0.2) is 0 Å². The van der Waals surface area contributed by atoms with Crippen LogP contribution in [-0.2, 0) is 17.8 Å². The van der Waals surface area contributed by atoms with Crippen LogP contribution in [0.5, 0.6) is 5.75 Å². The number of ether oxygens (including phenoxy) is 1. The lowest BCUT2D eigenvalue weighted by molar-refractivity contribution is -0.119. The molecular weight excluding hydrogens is 567 g/mol. The molecule has 2 aromatic heterocycles. The lowest BCUT2D eigenvalue weighted by atomic mass is 10.1. The van der Waals surface area contributed by atoms with E-state index in [1.54, 1.807) is 18.4 Å². The van der Waals surface area contributed by atoms with E-state index < -0.39 is 0 Å². The average molecular weight is 602 g/mol. The molecule has 1 aliphatic carbocycles. The zero-order valence-electron chi connectivity index (χ0n) is 24.2. The Kier molecular flexibility index (Phi) is 8.68. The van der Waals surface area contributed by atoms with Gasteiger partial charge in [0.25, 0.3) is 5.95 Å². The van der Waals surface area contributed by atoms with Gasteiger partial charge in [-0.2, -0.15) is 19.9 Å². The summed E-state index contributed by atoms with van der Waals surface area (Å²) >= 11 is 3.11. The van der Waals surface area contributed by atoms with E-state index >= 15 is 0 Å². The van der Waals surface area contributed by atoms with Crippen LogP contribution in [-0.4, -0.2) is 70.5 Å². The highest BCUT2D eigenvalue weighted by atomic mass is 32.2. The zero-order valence-corrected chi connectivity index (χ0v) is 25.8. The molecule has 42 heavy (non-hydrogen) atoms. The number of nitrogens with zero attached hydrogens (tertiary/aromatic N) is 7. The molecule has 0 spiro atoms. The molecule has 2 aliphatic rings. The Bertz CT molecular complexity index is 1600. The number of anilines is 1. The number of thiazole rings is 1. The first-order chi connectivity index (χ1) is 20.4. The maximum absolute atomic E-state index is 12.2. The largest absolute Gasteiger partial charge is 0.497 e. The van der Waals surface area contributed by atoms with E-state index in [2.05, 4.69) is 46.7 Å². The van der Waals surface area contributed by atoms with Gasteiger partial charge in [-0.3, -0.25) is 4.79 Å². The van der Waals surface area contributed by atoms with Gasteiger partial charge >= 0.3 is 0 Å². The summed E-state index contributed by atoms with van der Waals surface area (Å²) in [5.41, 5.74) is 2.21. The van der Waals surface area contributed by atoms with Crippen LogP contribution in [0.3, 0.4) is 0 Å². The molecule has 6 rings (SSSR count). The first kappa shape index (κ1) is 28.6. The molecule has 0 bridgehead atoms. The fraction of sp³-hybridized carbons (Fsp3) is 0.387. The van der Waals surface area contributed by atoms with E-state index in [9.17, 15) is 4.79 Å². The summed E-state index contributed by atoms with van der Waals surface area (Å²) in [6, 6.07) is 16.2. The number of carbonyl (C=O) groups is 1. The number of aryl methyl sites for hydroxylation is 1. The van der Waals surface area contributed by atoms with Gasteiger partial charge < -0.3 is 19.1 Å². The van der Waals surface area contributed by atoms with Crippen LogP contribution in [0.15, 0.2) is 69.8 Å². The summed E-state index contributed by atoms with van der Waals surface area (Å²) in [5.74, 6) is 2.52. The van der Waals surface area contributed by atoms with E-state index in [0.717, 1.165) is 70.5 Å². The number of ketones is 1. The minimum atomic E-state index is 0.279. The van der Waals surface area contributed by atoms with Gasteiger partial charge in [0.15, 0.2) is 9.96 Å². The second-order valence-electron chi connectivity index (χ2n) is 10.9. The number of piperazine rings is 1. The van der Waals surface area contributed by atoms with Gasteiger partial charge in [0, 0.05) is 61.0 Å². The molecule has 11 heteroatoms. The summed E-state index contributed by atoms with van der Waals surface area (Å²) in [6.45, 7) is 6.37. The maximum Gasteiger partial charge on any atom is 0.257 e. The smallest absolute Gasteiger partial charge is 0.257 e. The molecule has 0 atom stereocenters. The highest BCUT2D eigenvalue weighted by molar-refractivity contribution is 7.99. The van der Waals surface area contributed by atoms with Crippen molar-refractivity contribution in [1.82, 2.24) is 24.4 Å². The molecule has 1 aliphatic heterocycles. The number of aromatic nitrogens is 4. The van der Waals surface area contributed by atoms with Crippen LogP contribution in [0, 0.1) is 12.8 Å². The quantitative estimate of drug-likeness (QED) is 0.257. The van der Waals surface area contributed by atoms with E-state index in [1.807, 2.05) is 36.4 Å². The van der Waals surface area contributed by atoms with Crippen LogP contribution in [0.25, 0.3) is 0 Å². The molecule has 0 unspecified atom stereocenters. The Morgan fingerprint density at radius 3 is 2.40 bits per heavy atom. The van der Waals surface area contributed by atoms with Crippen LogP contribution in [0.2, 0.25) is 0 Å². The normalized spacial score (nSPS) is 16.2. The minimum Gasteiger partial charge on any atom is -0.497 e. The highest BCUT2D eigenvalue weighted by Gasteiger charge is 2.29. The Balaban J connectivity index is 1.28. The third-order valence-electron chi connectivity index (χ3n) is 7.46. The molecule has 0 amide bonds. The fourth-order valence-electron chi connectivity index (χ4n) is 4.83.